The molecule has 2 rings (SSSR count). The summed E-state index contributed by atoms with van der Waals surface area (Å²) in [7, 11) is -2.11. The third kappa shape index (κ3) is 1.77. The largest absolute Gasteiger partial charge is 0.214 e. The zero-order valence-electron chi connectivity index (χ0n) is 7.60. The second kappa shape index (κ2) is 3.80. The molecule has 0 saturated carbocycles. The predicted octanol–water partition coefficient (Wildman–Crippen LogP) is 1.70. The maximum atomic E-state index is 10.6. The van der Waals surface area contributed by atoms with Gasteiger partial charge in [-0.1, -0.05) is 30.3 Å². The molecule has 1 aliphatic rings. The van der Waals surface area contributed by atoms with Crippen LogP contribution in [-0.4, -0.2) is 13.8 Å². The van der Waals surface area contributed by atoms with Crippen LogP contribution < -0.4 is 0 Å². The van der Waals surface area contributed by atoms with Gasteiger partial charge in [0, 0.05) is 0 Å². The van der Waals surface area contributed by atoms with Gasteiger partial charge in [0.25, 0.3) is 0 Å². The van der Waals surface area contributed by atoms with Crippen LogP contribution in [-0.2, 0) is 16.7 Å². The first-order valence-electron chi connectivity index (χ1n) is 4.49. The number of hydrogen-bond donors (Lipinski definition) is 0. The van der Waals surface area contributed by atoms with Gasteiger partial charge in [0.05, 0.1) is 5.37 Å². The van der Waals surface area contributed by atoms with Crippen molar-refractivity contribution in [1.29, 1.82) is 0 Å². The number of benzene rings is 1. The first kappa shape index (κ1) is 9.21. The van der Waals surface area contributed by atoms with Crippen LogP contribution in [0.1, 0.15) is 17.5 Å². The lowest BCUT2D eigenvalue weighted by molar-refractivity contribution is 0.627. The van der Waals surface area contributed by atoms with E-state index in [9.17, 15) is 8.42 Å². The van der Waals surface area contributed by atoms with Crippen LogP contribution in [0.25, 0.3) is 5.57 Å². The average molecular weight is 206 g/mol. The normalized spacial score (nSPS) is 14.1. The molecule has 0 aliphatic heterocycles. The Balaban J connectivity index is 2.56. The van der Waals surface area contributed by atoms with Crippen molar-refractivity contribution in [2.75, 3.05) is 0 Å². The summed E-state index contributed by atoms with van der Waals surface area (Å²) in [5.74, 6) is 0. The van der Waals surface area contributed by atoms with Gasteiger partial charge < -0.3 is 0 Å². The van der Waals surface area contributed by atoms with Crippen LogP contribution in [0.3, 0.4) is 0 Å². The van der Waals surface area contributed by atoms with Gasteiger partial charge in [-0.05, 0) is 29.5 Å². The molecule has 3 heteroatoms. The van der Waals surface area contributed by atoms with Crippen molar-refractivity contribution in [2.45, 2.75) is 12.8 Å². The van der Waals surface area contributed by atoms with E-state index in [4.69, 9.17) is 0 Å². The van der Waals surface area contributed by atoms with Crippen molar-refractivity contribution in [3.8, 4) is 0 Å². The van der Waals surface area contributed by atoms with Crippen molar-refractivity contribution < 1.29 is 8.42 Å². The Labute approximate surface area is 84.4 Å². The van der Waals surface area contributed by atoms with Gasteiger partial charge in [0.2, 0.25) is 10.3 Å². The van der Waals surface area contributed by atoms with Gasteiger partial charge in [0.1, 0.15) is 0 Å². The summed E-state index contributed by atoms with van der Waals surface area (Å²) in [5.41, 5.74) is 3.09. The van der Waals surface area contributed by atoms with Gasteiger partial charge in [-0.25, -0.2) is 0 Å². The minimum atomic E-state index is -2.11. The van der Waals surface area contributed by atoms with Crippen molar-refractivity contribution in [3.63, 3.8) is 0 Å². The summed E-state index contributed by atoms with van der Waals surface area (Å²) >= 11 is 0. The highest BCUT2D eigenvalue weighted by Crippen LogP contribution is 2.24. The Morgan fingerprint density at radius 2 is 2.00 bits per heavy atom. The molecule has 0 saturated heterocycles. The highest BCUT2D eigenvalue weighted by molar-refractivity contribution is 7.72. The van der Waals surface area contributed by atoms with Gasteiger partial charge in [-0.3, -0.25) is 0 Å². The van der Waals surface area contributed by atoms with Gasteiger partial charge in [0.15, 0.2) is 0 Å². The van der Waals surface area contributed by atoms with E-state index in [1.807, 2.05) is 30.3 Å². The number of allylic oxidation sites excluding steroid dienone is 2. The zero-order chi connectivity index (χ0) is 9.97. The minimum Gasteiger partial charge on any atom is -0.185 e. The molecule has 0 atom stereocenters. The SMILES string of the molecule is O=S(=O)=CC1=CCCc2ccccc21. The summed E-state index contributed by atoms with van der Waals surface area (Å²) in [5, 5.41) is 1.28. The summed E-state index contributed by atoms with van der Waals surface area (Å²) in [6.07, 6.45) is 3.89. The molecule has 0 amide bonds. The fourth-order valence-electron chi connectivity index (χ4n) is 1.73. The molecule has 2 nitrogen and oxygen atoms in total. The van der Waals surface area contributed by atoms with Crippen molar-refractivity contribution in [3.05, 3.63) is 41.5 Å². The zero-order valence-corrected chi connectivity index (χ0v) is 8.42. The highest BCUT2D eigenvalue weighted by Gasteiger charge is 2.09. The Morgan fingerprint density at radius 3 is 2.79 bits per heavy atom. The van der Waals surface area contributed by atoms with Crippen LogP contribution in [0, 0.1) is 0 Å². The molecule has 0 unspecified atom stereocenters. The molecule has 1 aliphatic carbocycles. The number of aryl methyl sites for hydroxylation is 1. The lowest BCUT2D eigenvalue weighted by Crippen LogP contribution is -2.00. The molecule has 0 aromatic heterocycles. The quantitative estimate of drug-likeness (QED) is 0.655. The number of fused-ring (bicyclic) bond motifs is 1. The second-order valence-electron chi connectivity index (χ2n) is 3.23. The molecule has 0 N–H and O–H groups in total. The minimum absolute atomic E-state index is 0.820. The molecule has 0 radical (unpaired) electrons. The van der Waals surface area contributed by atoms with Crippen LogP contribution in [0.15, 0.2) is 30.3 Å². The Hall–Kier alpha value is -1.35. The van der Waals surface area contributed by atoms with Gasteiger partial charge in [-0.2, -0.15) is 8.42 Å². The third-order valence-corrected chi connectivity index (χ3v) is 2.78. The van der Waals surface area contributed by atoms with Crippen LogP contribution in [0.4, 0.5) is 0 Å². The maximum absolute atomic E-state index is 10.6. The van der Waals surface area contributed by atoms with E-state index >= 15 is 0 Å². The van der Waals surface area contributed by atoms with Crippen LogP contribution >= 0.6 is 0 Å². The van der Waals surface area contributed by atoms with E-state index in [2.05, 4.69) is 0 Å². The van der Waals surface area contributed by atoms with Crippen molar-refractivity contribution >= 4 is 21.2 Å². The summed E-state index contributed by atoms with van der Waals surface area (Å²) in [4.78, 5) is 0. The molecule has 0 spiro atoms. The van der Waals surface area contributed by atoms with E-state index in [1.54, 1.807) is 0 Å². The molecule has 72 valence electrons. The van der Waals surface area contributed by atoms with Crippen molar-refractivity contribution in [1.82, 2.24) is 0 Å². The fraction of sp³-hybridized carbons (Fsp3) is 0.182. The lowest BCUT2D eigenvalue weighted by atomic mass is 9.92. The first-order valence-corrected chi connectivity index (χ1v) is 5.62. The van der Waals surface area contributed by atoms with Crippen molar-refractivity contribution in [2.24, 2.45) is 0 Å². The topological polar surface area (TPSA) is 34.1 Å². The monoisotopic (exact) mass is 206 g/mol. The van der Waals surface area contributed by atoms with Crippen LogP contribution in [0.2, 0.25) is 0 Å². The van der Waals surface area contributed by atoms with E-state index in [0.717, 1.165) is 24.0 Å². The van der Waals surface area contributed by atoms with Gasteiger partial charge >= 0.3 is 0 Å². The Kier molecular flexibility index (Phi) is 2.50. The van der Waals surface area contributed by atoms with E-state index in [0.29, 0.717) is 0 Å². The predicted molar refractivity (Wildman–Crippen MR) is 57.7 cm³/mol. The number of hydrogen-bond acceptors (Lipinski definition) is 2. The fourth-order valence-corrected chi connectivity index (χ4v) is 2.16. The Bertz CT molecular complexity index is 502. The lowest BCUT2D eigenvalue weighted by Gasteiger charge is -2.13. The van der Waals surface area contributed by atoms with E-state index < -0.39 is 10.3 Å². The number of rotatable bonds is 1. The molecule has 1 aromatic rings. The third-order valence-electron chi connectivity index (χ3n) is 2.33. The van der Waals surface area contributed by atoms with E-state index in [-0.39, 0.29) is 0 Å². The molecule has 0 heterocycles. The molecule has 0 fully saturated rings. The van der Waals surface area contributed by atoms with E-state index in [1.165, 1.54) is 10.9 Å². The molecule has 0 bridgehead atoms. The molecule has 14 heavy (non-hydrogen) atoms. The summed E-state index contributed by atoms with van der Waals surface area (Å²) < 4.78 is 21.2. The molecular formula is C11H10O2S. The second-order valence-corrected chi connectivity index (χ2v) is 3.99. The average Bonchev–Trinajstić information content (AvgIpc) is 2.18. The first-order chi connectivity index (χ1) is 6.77. The summed E-state index contributed by atoms with van der Waals surface area (Å²) in [6, 6.07) is 7.92. The van der Waals surface area contributed by atoms with Gasteiger partial charge in [-0.15, -0.1) is 0 Å². The van der Waals surface area contributed by atoms with Crippen LogP contribution in [0.5, 0.6) is 0 Å². The standard InChI is InChI=1S/C11H10O2S/c12-14(13)8-10-6-3-5-9-4-1-2-7-11(9)10/h1-2,4,6-8H,3,5H2. The Morgan fingerprint density at radius 1 is 1.21 bits per heavy atom. The summed E-state index contributed by atoms with van der Waals surface area (Å²) in [6.45, 7) is 0. The maximum Gasteiger partial charge on any atom is 0.214 e. The molecular weight excluding hydrogens is 196 g/mol. The molecule has 1 aromatic carbocycles. The smallest absolute Gasteiger partial charge is 0.185 e. The highest BCUT2D eigenvalue weighted by atomic mass is 32.2.